The fraction of sp³-hybridized carbons (Fsp3) is 0.889. The Morgan fingerprint density at radius 2 is 1.08 bits per heavy atom. The monoisotopic (exact) mass is 404 g/mol. The molecule has 0 spiro atoms. The molecular weight excluding hydrogens is 364 g/mol. The quantitative estimate of drug-likeness (QED) is 0.193. The molecule has 8 heteroatoms. The van der Waals surface area contributed by atoms with Crippen LogP contribution in [0.4, 0.5) is 0 Å². The zero-order valence-electron chi connectivity index (χ0n) is 17.0. The molecule has 6 N–H and O–H groups in total. The first-order chi connectivity index (χ1) is 12.4. The van der Waals surface area contributed by atoms with Gasteiger partial charge in [-0.25, -0.2) is 0 Å². The van der Waals surface area contributed by atoms with E-state index in [1.165, 1.54) is 9.80 Å². The summed E-state index contributed by atoms with van der Waals surface area (Å²) in [7, 11) is 8.70. The normalized spacial score (nSPS) is 20.1. The van der Waals surface area contributed by atoms with Gasteiger partial charge in [0.1, 0.15) is 0 Å². The minimum atomic E-state index is 0.483. The van der Waals surface area contributed by atoms with Crippen molar-refractivity contribution in [1.29, 1.82) is 0 Å². The van der Waals surface area contributed by atoms with Crippen LogP contribution in [-0.2, 0) is 0 Å². The van der Waals surface area contributed by atoms with Gasteiger partial charge in [-0.05, 0) is 50.1 Å². The first-order valence-corrected chi connectivity index (χ1v) is 10.8. The molecule has 0 aromatic carbocycles. The van der Waals surface area contributed by atoms with Gasteiger partial charge in [-0.15, -0.1) is 0 Å². The van der Waals surface area contributed by atoms with Gasteiger partial charge in [0.25, 0.3) is 0 Å². The number of nitrogens with one attached hydrogen (secondary N) is 6. The first kappa shape index (κ1) is 23.3. The molecule has 0 unspecified atom stereocenters. The van der Waals surface area contributed by atoms with Gasteiger partial charge in [-0.1, -0.05) is 0 Å². The van der Waals surface area contributed by atoms with Crippen LogP contribution in [0.15, 0.2) is 0 Å². The molecule has 0 saturated heterocycles. The Morgan fingerprint density at radius 3 is 1.38 bits per heavy atom. The molecule has 0 atom stereocenters. The maximum Gasteiger partial charge on any atom is 0.166 e. The largest absolute Gasteiger partial charge is 0.363 e. The summed E-state index contributed by atoms with van der Waals surface area (Å²) in [5.41, 5.74) is 0. The van der Waals surface area contributed by atoms with E-state index in [2.05, 4.69) is 49.5 Å². The van der Waals surface area contributed by atoms with Crippen molar-refractivity contribution in [1.82, 2.24) is 21.3 Å². The average Bonchev–Trinajstić information content (AvgIpc) is 2.57. The van der Waals surface area contributed by atoms with Gasteiger partial charge in [0.2, 0.25) is 0 Å². The van der Waals surface area contributed by atoms with Crippen molar-refractivity contribution < 1.29 is 9.80 Å². The summed E-state index contributed by atoms with van der Waals surface area (Å²) in [5, 5.41) is 15.2. The molecule has 6 nitrogen and oxygen atoms in total. The molecule has 1 aliphatic rings. The first-order valence-electron chi connectivity index (χ1n) is 10.0. The summed E-state index contributed by atoms with van der Waals surface area (Å²) < 4.78 is 0. The van der Waals surface area contributed by atoms with Crippen LogP contribution in [0.5, 0.6) is 0 Å². The van der Waals surface area contributed by atoms with Gasteiger partial charge >= 0.3 is 0 Å². The summed E-state index contributed by atoms with van der Waals surface area (Å²) in [5.74, 6) is 0. The third-order valence-electron chi connectivity index (χ3n) is 4.68. The lowest BCUT2D eigenvalue weighted by atomic mass is 9.91. The van der Waals surface area contributed by atoms with Gasteiger partial charge in [0.05, 0.1) is 41.3 Å². The molecule has 0 aliphatic heterocycles. The Hall–Kier alpha value is -0.700. The van der Waals surface area contributed by atoms with Crippen LogP contribution < -0.4 is 31.1 Å². The molecule has 0 aromatic rings. The summed E-state index contributed by atoms with van der Waals surface area (Å²) in [6, 6.07) is 0.967. The Labute approximate surface area is 170 Å². The van der Waals surface area contributed by atoms with E-state index in [9.17, 15) is 0 Å². The number of hydrogen-bond acceptors (Lipinski definition) is 2. The molecule has 0 amide bonds. The maximum atomic E-state index is 5.41. The van der Waals surface area contributed by atoms with Crippen molar-refractivity contribution in [2.75, 3.05) is 54.4 Å². The highest BCUT2D eigenvalue weighted by Gasteiger charge is 2.22. The van der Waals surface area contributed by atoms with Crippen molar-refractivity contribution >= 4 is 34.7 Å². The molecule has 0 heterocycles. The fourth-order valence-electron chi connectivity index (χ4n) is 3.14. The number of hydrogen-bond donors (Lipinski definition) is 6. The van der Waals surface area contributed by atoms with Crippen LogP contribution in [0.25, 0.3) is 0 Å². The third-order valence-corrected chi connectivity index (χ3v) is 5.20. The lowest BCUT2D eigenvalue weighted by Crippen LogP contribution is -3.05. The third kappa shape index (κ3) is 11.8. The number of quaternary nitrogens is 2. The van der Waals surface area contributed by atoms with Gasteiger partial charge in [0, 0.05) is 38.0 Å². The second kappa shape index (κ2) is 13.5. The van der Waals surface area contributed by atoms with Gasteiger partial charge in [-0.2, -0.15) is 0 Å². The van der Waals surface area contributed by atoms with E-state index >= 15 is 0 Å². The molecule has 1 aliphatic carbocycles. The summed E-state index contributed by atoms with van der Waals surface area (Å²) in [6.07, 6.45) is 6.81. The number of rotatable bonds is 10. The standard InChI is InChI=1S/C18H38N6S2/c1-23(2)13-5-11-19-17(25)21-15-7-9-16(10-8-15)22-18(26)20-12-6-14-24(3)4/h15-16H,5-14H2,1-4H3,(H2,19,21,25)(H2,20,22,26)/p+2. The SMILES string of the molecule is C[NH+](C)CCCNC(=S)NC1CCC(NC(=S)NCCC[NH+](C)C)CC1. The molecule has 152 valence electrons. The van der Waals surface area contributed by atoms with E-state index in [0.717, 1.165) is 74.9 Å². The minimum Gasteiger partial charge on any atom is -0.363 e. The Balaban J connectivity index is 2.08. The van der Waals surface area contributed by atoms with Crippen LogP contribution in [0.3, 0.4) is 0 Å². The smallest absolute Gasteiger partial charge is 0.166 e. The predicted molar refractivity (Wildman–Crippen MR) is 118 cm³/mol. The van der Waals surface area contributed by atoms with Gasteiger partial charge in [0.15, 0.2) is 10.2 Å². The van der Waals surface area contributed by atoms with Crippen LogP contribution in [-0.4, -0.2) is 76.7 Å². The van der Waals surface area contributed by atoms with E-state index in [1.54, 1.807) is 0 Å². The zero-order chi connectivity index (χ0) is 19.4. The second-order valence-corrected chi connectivity index (χ2v) is 8.79. The van der Waals surface area contributed by atoms with Crippen molar-refractivity contribution in [2.45, 2.75) is 50.6 Å². The topological polar surface area (TPSA) is 57.0 Å². The molecule has 0 bridgehead atoms. The van der Waals surface area contributed by atoms with E-state index in [0.29, 0.717) is 12.1 Å². The van der Waals surface area contributed by atoms with E-state index in [1.807, 2.05) is 0 Å². The minimum absolute atomic E-state index is 0.483. The van der Waals surface area contributed by atoms with Crippen LogP contribution in [0, 0.1) is 0 Å². The van der Waals surface area contributed by atoms with Crippen LogP contribution >= 0.6 is 24.4 Å². The fourth-order valence-corrected chi connectivity index (χ4v) is 3.68. The van der Waals surface area contributed by atoms with Crippen LogP contribution in [0.1, 0.15) is 38.5 Å². The van der Waals surface area contributed by atoms with Crippen LogP contribution in [0.2, 0.25) is 0 Å². The highest BCUT2D eigenvalue weighted by molar-refractivity contribution is 7.80. The highest BCUT2D eigenvalue weighted by atomic mass is 32.1. The van der Waals surface area contributed by atoms with Crippen molar-refractivity contribution in [3.8, 4) is 0 Å². The van der Waals surface area contributed by atoms with Gasteiger partial charge < -0.3 is 31.1 Å². The van der Waals surface area contributed by atoms with E-state index < -0.39 is 0 Å². The summed E-state index contributed by atoms with van der Waals surface area (Å²) in [6.45, 7) is 4.22. The molecule has 0 radical (unpaired) electrons. The molecule has 26 heavy (non-hydrogen) atoms. The van der Waals surface area contributed by atoms with E-state index in [-0.39, 0.29) is 0 Å². The number of thiocarbonyl (C=S) groups is 2. The van der Waals surface area contributed by atoms with Gasteiger partial charge in [-0.3, -0.25) is 0 Å². The van der Waals surface area contributed by atoms with Crippen molar-refractivity contribution in [2.24, 2.45) is 0 Å². The highest BCUT2D eigenvalue weighted by Crippen LogP contribution is 2.18. The Morgan fingerprint density at radius 1 is 0.731 bits per heavy atom. The molecular formula is C18H40N6S2+2. The van der Waals surface area contributed by atoms with Crippen molar-refractivity contribution in [3.63, 3.8) is 0 Å². The lowest BCUT2D eigenvalue weighted by molar-refractivity contribution is -0.858. The molecule has 0 aromatic heterocycles. The predicted octanol–water partition coefficient (Wildman–Crippen LogP) is -1.70. The average molecular weight is 405 g/mol. The Bertz CT molecular complexity index is 370. The maximum absolute atomic E-state index is 5.41. The molecule has 1 fully saturated rings. The molecule has 1 rings (SSSR count). The zero-order valence-corrected chi connectivity index (χ0v) is 18.7. The van der Waals surface area contributed by atoms with Crippen molar-refractivity contribution in [3.05, 3.63) is 0 Å². The van der Waals surface area contributed by atoms with E-state index in [4.69, 9.17) is 24.4 Å². The summed E-state index contributed by atoms with van der Waals surface area (Å²) >= 11 is 10.8. The second-order valence-electron chi connectivity index (χ2n) is 7.97. The Kier molecular flexibility index (Phi) is 12.1. The molecule has 1 saturated carbocycles. The lowest BCUT2D eigenvalue weighted by Gasteiger charge is -2.31. The summed E-state index contributed by atoms with van der Waals surface area (Å²) in [4.78, 5) is 2.95.